The Balaban J connectivity index is 1.47. The number of hydrogen-bond donors (Lipinski definition) is 2. The number of urea groups is 2. The lowest BCUT2D eigenvalue weighted by atomic mass is 10.2. The van der Waals surface area contributed by atoms with Crippen LogP contribution in [0.1, 0.15) is 24.8 Å². The Labute approximate surface area is 143 Å². The number of rotatable bonds is 3. The second-order valence-corrected chi connectivity index (χ2v) is 6.75. The lowest BCUT2D eigenvalue weighted by molar-refractivity contribution is 0.195. The van der Waals surface area contributed by atoms with Gasteiger partial charge in [-0.05, 0) is 44.2 Å². The molecule has 6 heteroatoms. The molecule has 0 unspecified atom stereocenters. The number of benzene rings is 1. The van der Waals surface area contributed by atoms with E-state index in [4.69, 9.17) is 0 Å². The molecule has 1 aliphatic heterocycles. The number of carbonyl (C=O) groups excluding carboxylic acids is 2. The molecule has 0 atom stereocenters. The van der Waals surface area contributed by atoms with E-state index in [1.54, 1.807) is 4.90 Å². The Morgan fingerprint density at radius 2 is 1.62 bits per heavy atom. The van der Waals surface area contributed by atoms with Crippen molar-refractivity contribution >= 4 is 17.7 Å². The quantitative estimate of drug-likeness (QED) is 0.895. The number of nitrogens with zero attached hydrogens (tertiary/aromatic N) is 2. The summed E-state index contributed by atoms with van der Waals surface area (Å²) in [6.45, 7) is 5.32. The van der Waals surface area contributed by atoms with Gasteiger partial charge in [-0.15, -0.1) is 0 Å². The summed E-state index contributed by atoms with van der Waals surface area (Å²) in [4.78, 5) is 28.2. The summed E-state index contributed by atoms with van der Waals surface area (Å²) in [7, 11) is 0. The first kappa shape index (κ1) is 16.6. The summed E-state index contributed by atoms with van der Waals surface area (Å²) in [6.07, 6.45) is 3.26. The highest BCUT2D eigenvalue weighted by atomic mass is 16.2. The Morgan fingerprint density at radius 3 is 2.25 bits per heavy atom. The molecule has 2 fully saturated rings. The van der Waals surface area contributed by atoms with E-state index in [2.05, 4.69) is 10.6 Å². The van der Waals surface area contributed by atoms with Crippen LogP contribution in [0.25, 0.3) is 0 Å². The van der Waals surface area contributed by atoms with Crippen molar-refractivity contribution in [2.45, 2.75) is 26.2 Å². The molecule has 1 aliphatic carbocycles. The molecule has 0 radical (unpaired) electrons. The first-order valence-corrected chi connectivity index (χ1v) is 8.77. The Bertz CT molecular complexity index is 583. The van der Waals surface area contributed by atoms with Crippen LogP contribution in [-0.2, 0) is 0 Å². The SMILES string of the molecule is Cc1ccc(NC(=O)N2CCCN(C(=O)NCC3CC3)CC2)cc1. The number of hydrogen-bond acceptors (Lipinski definition) is 2. The predicted octanol–water partition coefficient (Wildman–Crippen LogP) is 2.65. The second-order valence-electron chi connectivity index (χ2n) is 6.75. The van der Waals surface area contributed by atoms with Crippen LogP contribution in [-0.4, -0.2) is 54.6 Å². The normalized spacial score (nSPS) is 18.0. The van der Waals surface area contributed by atoms with Crippen molar-refractivity contribution < 1.29 is 9.59 Å². The van der Waals surface area contributed by atoms with Gasteiger partial charge >= 0.3 is 12.1 Å². The van der Waals surface area contributed by atoms with Gasteiger partial charge in [0.2, 0.25) is 0 Å². The summed E-state index contributed by atoms with van der Waals surface area (Å²) in [5.74, 6) is 0.678. The zero-order chi connectivity index (χ0) is 16.9. The van der Waals surface area contributed by atoms with Gasteiger partial charge in [0.15, 0.2) is 0 Å². The number of carbonyl (C=O) groups is 2. The van der Waals surface area contributed by atoms with Gasteiger partial charge in [0.25, 0.3) is 0 Å². The van der Waals surface area contributed by atoms with Gasteiger partial charge in [-0.25, -0.2) is 9.59 Å². The highest BCUT2D eigenvalue weighted by Gasteiger charge is 2.25. The van der Waals surface area contributed by atoms with E-state index in [1.807, 2.05) is 36.1 Å². The van der Waals surface area contributed by atoms with Gasteiger partial charge in [0.05, 0.1) is 0 Å². The van der Waals surface area contributed by atoms with E-state index in [9.17, 15) is 9.59 Å². The van der Waals surface area contributed by atoms with Crippen LogP contribution in [0.5, 0.6) is 0 Å². The zero-order valence-electron chi connectivity index (χ0n) is 14.3. The minimum Gasteiger partial charge on any atom is -0.338 e. The Morgan fingerprint density at radius 1 is 1.00 bits per heavy atom. The predicted molar refractivity (Wildman–Crippen MR) is 94.1 cm³/mol. The molecule has 0 bridgehead atoms. The van der Waals surface area contributed by atoms with Crippen molar-refractivity contribution in [1.29, 1.82) is 0 Å². The molecule has 4 amide bonds. The molecule has 1 aromatic carbocycles. The molecule has 1 saturated carbocycles. The summed E-state index contributed by atoms with van der Waals surface area (Å²) in [6, 6.07) is 7.67. The standard InChI is InChI=1S/C18H26N4O2/c1-14-3-7-16(8-4-14)20-18(24)22-10-2-9-21(11-12-22)17(23)19-13-15-5-6-15/h3-4,7-8,15H,2,5-6,9-13H2,1H3,(H,19,23)(H,20,24). The lowest BCUT2D eigenvalue weighted by Crippen LogP contribution is -2.43. The van der Waals surface area contributed by atoms with Gasteiger partial charge in [-0.2, -0.15) is 0 Å². The Kier molecular flexibility index (Phi) is 5.23. The molecule has 6 nitrogen and oxygen atoms in total. The van der Waals surface area contributed by atoms with Gasteiger partial charge in [0.1, 0.15) is 0 Å². The molecular weight excluding hydrogens is 304 g/mol. The van der Waals surface area contributed by atoms with Crippen LogP contribution in [0.3, 0.4) is 0 Å². The van der Waals surface area contributed by atoms with Crippen molar-refractivity contribution in [2.75, 3.05) is 38.0 Å². The zero-order valence-corrected chi connectivity index (χ0v) is 14.3. The molecule has 130 valence electrons. The molecule has 1 aromatic rings. The minimum atomic E-state index is -0.0981. The van der Waals surface area contributed by atoms with Crippen LogP contribution in [0.15, 0.2) is 24.3 Å². The van der Waals surface area contributed by atoms with Crippen molar-refractivity contribution in [3.05, 3.63) is 29.8 Å². The van der Waals surface area contributed by atoms with E-state index in [0.29, 0.717) is 32.1 Å². The number of amides is 4. The van der Waals surface area contributed by atoms with Gasteiger partial charge in [-0.3, -0.25) is 0 Å². The third-order valence-electron chi connectivity index (χ3n) is 4.61. The minimum absolute atomic E-state index is 0.00249. The molecule has 2 N–H and O–H groups in total. The highest BCUT2D eigenvalue weighted by molar-refractivity contribution is 5.89. The monoisotopic (exact) mass is 330 g/mol. The maximum absolute atomic E-state index is 12.4. The largest absolute Gasteiger partial charge is 0.338 e. The van der Waals surface area contributed by atoms with E-state index >= 15 is 0 Å². The van der Waals surface area contributed by atoms with Crippen LogP contribution >= 0.6 is 0 Å². The van der Waals surface area contributed by atoms with E-state index in [1.165, 1.54) is 12.8 Å². The van der Waals surface area contributed by atoms with Gasteiger partial charge in [-0.1, -0.05) is 17.7 Å². The van der Waals surface area contributed by atoms with Crippen LogP contribution in [0, 0.1) is 12.8 Å². The van der Waals surface area contributed by atoms with E-state index in [-0.39, 0.29) is 12.1 Å². The van der Waals surface area contributed by atoms with Crippen molar-refractivity contribution in [1.82, 2.24) is 15.1 Å². The molecule has 24 heavy (non-hydrogen) atoms. The fourth-order valence-corrected chi connectivity index (χ4v) is 2.83. The maximum atomic E-state index is 12.4. The summed E-state index contributed by atoms with van der Waals surface area (Å²) in [5.41, 5.74) is 1.96. The average Bonchev–Trinajstić information content (AvgIpc) is 3.41. The van der Waals surface area contributed by atoms with Gasteiger partial charge < -0.3 is 20.4 Å². The van der Waals surface area contributed by atoms with E-state index in [0.717, 1.165) is 24.2 Å². The van der Waals surface area contributed by atoms with Crippen LogP contribution in [0.4, 0.5) is 15.3 Å². The lowest BCUT2D eigenvalue weighted by Gasteiger charge is -2.22. The molecule has 0 spiro atoms. The number of nitrogens with one attached hydrogen (secondary N) is 2. The summed E-state index contributed by atoms with van der Waals surface area (Å²) < 4.78 is 0. The maximum Gasteiger partial charge on any atom is 0.321 e. The third-order valence-corrected chi connectivity index (χ3v) is 4.61. The van der Waals surface area contributed by atoms with Crippen LogP contribution < -0.4 is 10.6 Å². The van der Waals surface area contributed by atoms with Crippen molar-refractivity contribution in [3.8, 4) is 0 Å². The summed E-state index contributed by atoms with van der Waals surface area (Å²) >= 11 is 0. The van der Waals surface area contributed by atoms with Crippen molar-refractivity contribution in [3.63, 3.8) is 0 Å². The first-order valence-electron chi connectivity index (χ1n) is 8.77. The molecule has 0 aromatic heterocycles. The topological polar surface area (TPSA) is 64.7 Å². The highest BCUT2D eigenvalue weighted by Crippen LogP contribution is 2.27. The number of aryl methyl sites for hydroxylation is 1. The molecule has 2 aliphatic rings. The van der Waals surface area contributed by atoms with E-state index < -0.39 is 0 Å². The van der Waals surface area contributed by atoms with Crippen molar-refractivity contribution in [2.24, 2.45) is 5.92 Å². The number of anilines is 1. The average molecular weight is 330 g/mol. The molecular formula is C18H26N4O2. The molecule has 1 heterocycles. The third kappa shape index (κ3) is 4.63. The second kappa shape index (κ2) is 7.55. The molecule has 3 rings (SSSR count). The smallest absolute Gasteiger partial charge is 0.321 e. The van der Waals surface area contributed by atoms with Gasteiger partial charge in [0, 0.05) is 38.4 Å². The molecule has 1 saturated heterocycles. The fourth-order valence-electron chi connectivity index (χ4n) is 2.83. The first-order chi connectivity index (χ1) is 11.6. The summed E-state index contributed by atoms with van der Waals surface area (Å²) in [5, 5.41) is 5.93. The Hall–Kier alpha value is -2.24. The fraction of sp³-hybridized carbons (Fsp3) is 0.556. The van der Waals surface area contributed by atoms with Crippen LogP contribution in [0.2, 0.25) is 0 Å².